The number of nitrogen functional groups attached to an aromatic ring is 1. The number of nitrogens with zero attached hydrogens (tertiary/aromatic N) is 6. The number of nitriles is 1. The van der Waals surface area contributed by atoms with Crippen molar-refractivity contribution in [3.63, 3.8) is 0 Å². The number of nitrogens with one attached hydrogen (secondary N) is 1. The van der Waals surface area contributed by atoms with E-state index in [-0.39, 0.29) is 23.2 Å². The van der Waals surface area contributed by atoms with E-state index < -0.39 is 5.97 Å². The van der Waals surface area contributed by atoms with Crippen molar-refractivity contribution >= 4 is 23.4 Å². The molecule has 4 rings (SSSR count). The average Bonchev–Trinajstić information content (AvgIpc) is 2.83. The number of aromatic nitrogens is 4. The zero-order chi connectivity index (χ0) is 23.4. The fraction of sp³-hybridized carbons (Fsp3) is 0.273. The Morgan fingerprint density at radius 1 is 1.24 bits per heavy atom. The van der Waals surface area contributed by atoms with Crippen LogP contribution < -0.4 is 21.7 Å². The summed E-state index contributed by atoms with van der Waals surface area (Å²) in [5, 5.41) is 21.2. The fourth-order valence-corrected chi connectivity index (χ4v) is 3.66. The molecule has 1 saturated heterocycles. The summed E-state index contributed by atoms with van der Waals surface area (Å²) in [4.78, 5) is 30.3. The van der Waals surface area contributed by atoms with Crippen LogP contribution in [-0.2, 0) is 6.54 Å². The molecule has 168 valence electrons. The number of carboxylic acids is 1. The molecule has 2 aromatic heterocycles. The molecule has 1 aromatic carbocycles. The summed E-state index contributed by atoms with van der Waals surface area (Å²) in [6.07, 6.45) is 4.84. The first kappa shape index (κ1) is 21.9. The van der Waals surface area contributed by atoms with Crippen LogP contribution in [0.15, 0.2) is 36.7 Å². The van der Waals surface area contributed by atoms with Crippen LogP contribution in [0.2, 0.25) is 0 Å². The number of rotatable bonds is 6. The minimum Gasteiger partial charge on any atom is -0.476 e. The molecule has 1 aliphatic heterocycles. The summed E-state index contributed by atoms with van der Waals surface area (Å²) < 4.78 is 0. The maximum atomic E-state index is 11.4. The van der Waals surface area contributed by atoms with E-state index in [9.17, 15) is 9.90 Å². The standard InChI is InChI=1S/C22H23N9O2/c23-8-16-10-28-20(18(29-16)22(32)33)27-9-13-3-5-14(6-4-13)17-11-26-19(25)21(30-17)31-7-1-2-15(24)12-31/h3-6,10-11,15H,1-2,7,9,12,24H2,(H2,25,26)(H,27,28)(H,32,33). The van der Waals surface area contributed by atoms with E-state index in [2.05, 4.69) is 25.2 Å². The highest BCUT2D eigenvalue weighted by molar-refractivity contribution is 5.90. The largest absolute Gasteiger partial charge is 0.476 e. The molecular weight excluding hydrogens is 422 g/mol. The Morgan fingerprint density at radius 2 is 2.03 bits per heavy atom. The summed E-state index contributed by atoms with van der Waals surface area (Å²) in [5.74, 6) is -0.135. The van der Waals surface area contributed by atoms with Gasteiger partial charge in [0.25, 0.3) is 0 Å². The van der Waals surface area contributed by atoms with Crippen LogP contribution in [-0.4, -0.2) is 50.1 Å². The lowest BCUT2D eigenvalue weighted by atomic mass is 10.1. The van der Waals surface area contributed by atoms with E-state index in [1.807, 2.05) is 24.3 Å². The predicted molar refractivity (Wildman–Crippen MR) is 122 cm³/mol. The molecule has 1 atom stereocenters. The minimum absolute atomic E-state index is 0.0576. The normalized spacial score (nSPS) is 15.6. The van der Waals surface area contributed by atoms with Gasteiger partial charge in [0.2, 0.25) is 0 Å². The molecule has 0 amide bonds. The van der Waals surface area contributed by atoms with Gasteiger partial charge in [0.15, 0.2) is 28.8 Å². The van der Waals surface area contributed by atoms with Gasteiger partial charge in [0.1, 0.15) is 6.07 Å². The highest BCUT2D eigenvalue weighted by Gasteiger charge is 2.21. The third-order valence-electron chi connectivity index (χ3n) is 5.34. The molecule has 0 aliphatic carbocycles. The van der Waals surface area contributed by atoms with Crippen LogP contribution in [0.5, 0.6) is 0 Å². The number of nitrogens with two attached hydrogens (primary N) is 2. The first-order chi connectivity index (χ1) is 15.9. The molecule has 6 N–H and O–H groups in total. The van der Waals surface area contributed by atoms with E-state index in [1.165, 1.54) is 6.20 Å². The summed E-state index contributed by atoms with van der Waals surface area (Å²) in [6.45, 7) is 1.87. The van der Waals surface area contributed by atoms with Crippen molar-refractivity contribution in [3.8, 4) is 17.3 Å². The molecule has 3 aromatic rings. The molecule has 33 heavy (non-hydrogen) atoms. The van der Waals surface area contributed by atoms with Crippen molar-refractivity contribution in [2.45, 2.75) is 25.4 Å². The van der Waals surface area contributed by atoms with Crippen molar-refractivity contribution in [1.82, 2.24) is 19.9 Å². The number of hydrogen-bond donors (Lipinski definition) is 4. The van der Waals surface area contributed by atoms with Gasteiger partial charge in [-0.1, -0.05) is 24.3 Å². The Hall–Kier alpha value is -4.30. The molecule has 11 nitrogen and oxygen atoms in total. The van der Waals surface area contributed by atoms with E-state index in [0.717, 1.165) is 30.5 Å². The first-order valence-corrected chi connectivity index (χ1v) is 10.4. The second kappa shape index (κ2) is 9.46. The minimum atomic E-state index is -1.26. The zero-order valence-corrected chi connectivity index (χ0v) is 17.8. The van der Waals surface area contributed by atoms with Crippen molar-refractivity contribution < 1.29 is 9.90 Å². The molecule has 3 heterocycles. The second-order valence-corrected chi connectivity index (χ2v) is 7.73. The molecule has 0 saturated carbocycles. The van der Waals surface area contributed by atoms with Crippen molar-refractivity contribution in [2.75, 3.05) is 29.0 Å². The third kappa shape index (κ3) is 4.97. The van der Waals surface area contributed by atoms with Gasteiger partial charge in [-0.15, -0.1) is 0 Å². The van der Waals surface area contributed by atoms with Crippen LogP contribution in [0.1, 0.15) is 34.6 Å². The number of piperidine rings is 1. The summed E-state index contributed by atoms with van der Waals surface area (Å²) in [6, 6.07) is 9.49. The van der Waals surface area contributed by atoms with Crippen molar-refractivity contribution in [2.24, 2.45) is 5.73 Å². The third-order valence-corrected chi connectivity index (χ3v) is 5.34. The highest BCUT2D eigenvalue weighted by atomic mass is 16.4. The number of benzene rings is 1. The maximum absolute atomic E-state index is 11.4. The Bertz CT molecular complexity index is 1210. The molecule has 0 bridgehead atoms. The number of hydrogen-bond acceptors (Lipinski definition) is 10. The highest BCUT2D eigenvalue weighted by Crippen LogP contribution is 2.26. The summed E-state index contributed by atoms with van der Waals surface area (Å²) >= 11 is 0. The zero-order valence-electron chi connectivity index (χ0n) is 17.8. The first-order valence-electron chi connectivity index (χ1n) is 10.4. The number of aromatic carboxylic acids is 1. The van der Waals surface area contributed by atoms with Gasteiger partial charge in [0.05, 0.1) is 18.1 Å². The van der Waals surface area contributed by atoms with Gasteiger partial charge in [-0.2, -0.15) is 5.26 Å². The van der Waals surface area contributed by atoms with Crippen LogP contribution in [0, 0.1) is 11.3 Å². The predicted octanol–water partition coefficient (Wildman–Crippen LogP) is 1.63. The number of carboxylic acid groups (broad SMARTS) is 1. The smallest absolute Gasteiger partial charge is 0.358 e. The quantitative estimate of drug-likeness (QED) is 0.433. The van der Waals surface area contributed by atoms with E-state index in [1.54, 1.807) is 12.3 Å². The summed E-state index contributed by atoms with van der Waals surface area (Å²) in [7, 11) is 0. The van der Waals surface area contributed by atoms with E-state index >= 15 is 0 Å². The van der Waals surface area contributed by atoms with Crippen LogP contribution in [0.25, 0.3) is 11.3 Å². The molecule has 1 aliphatic rings. The monoisotopic (exact) mass is 445 g/mol. The van der Waals surface area contributed by atoms with Crippen LogP contribution >= 0.6 is 0 Å². The van der Waals surface area contributed by atoms with Gasteiger partial charge >= 0.3 is 5.97 Å². The second-order valence-electron chi connectivity index (χ2n) is 7.73. The molecule has 1 unspecified atom stereocenters. The SMILES string of the molecule is N#Cc1cnc(NCc2ccc(-c3cnc(N)c(N4CCCC(N)C4)n3)cc2)c(C(=O)O)n1. The lowest BCUT2D eigenvalue weighted by Crippen LogP contribution is -2.43. The molecule has 11 heteroatoms. The van der Waals surface area contributed by atoms with Gasteiger partial charge < -0.3 is 26.8 Å². The van der Waals surface area contributed by atoms with Gasteiger partial charge in [0, 0.05) is 31.2 Å². The Balaban J connectivity index is 1.49. The van der Waals surface area contributed by atoms with Crippen molar-refractivity contribution in [1.29, 1.82) is 5.26 Å². The Morgan fingerprint density at radius 3 is 2.73 bits per heavy atom. The fourth-order valence-electron chi connectivity index (χ4n) is 3.66. The lowest BCUT2D eigenvalue weighted by molar-refractivity contribution is 0.0691. The molecule has 1 fully saturated rings. The van der Waals surface area contributed by atoms with Gasteiger partial charge in [-0.3, -0.25) is 0 Å². The van der Waals surface area contributed by atoms with Gasteiger partial charge in [-0.25, -0.2) is 24.7 Å². The number of anilines is 3. The van der Waals surface area contributed by atoms with E-state index in [0.29, 0.717) is 30.4 Å². The van der Waals surface area contributed by atoms with E-state index in [4.69, 9.17) is 21.7 Å². The number of carbonyl (C=O) groups is 1. The average molecular weight is 445 g/mol. The Labute approximate surface area is 190 Å². The summed E-state index contributed by atoms with van der Waals surface area (Å²) in [5.41, 5.74) is 14.3. The maximum Gasteiger partial charge on any atom is 0.358 e. The lowest BCUT2D eigenvalue weighted by Gasteiger charge is -2.32. The Kier molecular flexibility index (Phi) is 6.28. The van der Waals surface area contributed by atoms with Crippen LogP contribution in [0.3, 0.4) is 0 Å². The van der Waals surface area contributed by atoms with Crippen LogP contribution in [0.4, 0.5) is 17.5 Å². The molecule has 0 spiro atoms. The van der Waals surface area contributed by atoms with Gasteiger partial charge in [-0.05, 0) is 18.4 Å². The van der Waals surface area contributed by atoms with Crippen molar-refractivity contribution in [3.05, 3.63) is 53.6 Å². The molecule has 0 radical (unpaired) electrons. The topological polar surface area (TPSA) is 180 Å². The molecular formula is C22H23N9O2.